The number of hydrogen-bond acceptors (Lipinski definition) is 17. The molecule has 23 N–H and O–H groups in total. The SMILES string of the molecule is C[C@H](NC(=O)[C@@H](NC(=O)[C@@H](N)CCCCN)[C@@H](O)CN)C(=O)NCC(=O)N[C@H](CCCN)C(=O)N1CCC[C@H]1C(=O)N[C@@H](Cc1cncn1C)C(=O)N[C@@H](CCCCN)C(=O)N/C(=C\CCN=C(N)N)C(=O)O. The molecule has 0 aliphatic carbocycles. The maximum Gasteiger partial charge on any atom is 0.352 e. The second kappa shape index (κ2) is 33.0. The topological polar surface area (TPSA) is 494 Å². The number of aliphatic carboxylic acids is 1. The number of aromatic nitrogens is 2. The third-order valence-corrected chi connectivity index (χ3v) is 11.7. The number of carboxylic acid groups (broad SMARTS) is 1. The molecule has 0 unspecified atom stereocenters. The van der Waals surface area contributed by atoms with E-state index in [1.54, 1.807) is 11.6 Å². The lowest BCUT2D eigenvalue weighted by molar-refractivity contribution is -0.142. The van der Waals surface area contributed by atoms with Gasteiger partial charge in [-0.2, -0.15) is 0 Å². The molecule has 0 spiro atoms. The average molecular weight is 1040 g/mol. The van der Waals surface area contributed by atoms with Gasteiger partial charge in [-0.3, -0.25) is 43.3 Å². The molecule has 0 aromatic carbocycles. The fourth-order valence-electron chi connectivity index (χ4n) is 7.51. The van der Waals surface area contributed by atoms with Crippen LogP contribution in [-0.4, -0.2) is 178 Å². The summed E-state index contributed by atoms with van der Waals surface area (Å²) in [5, 5.41) is 37.6. The summed E-state index contributed by atoms with van der Waals surface area (Å²) in [4.78, 5) is 129. The van der Waals surface area contributed by atoms with Gasteiger partial charge in [-0.25, -0.2) is 9.78 Å². The van der Waals surface area contributed by atoms with Gasteiger partial charge in [-0.15, -0.1) is 0 Å². The van der Waals surface area contributed by atoms with Crippen LogP contribution in [0.25, 0.3) is 0 Å². The van der Waals surface area contributed by atoms with Crippen molar-refractivity contribution in [3.05, 3.63) is 30.0 Å². The van der Waals surface area contributed by atoms with E-state index in [0.29, 0.717) is 44.3 Å². The minimum atomic E-state index is -1.56. The second-order valence-corrected chi connectivity index (χ2v) is 17.5. The number of hydrogen-bond donors (Lipinski definition) is 16. The van der Waals surface area contributed by atoms with Gasteiger partial charge in [0.05, 0.1) is 25.0 Å². The number of aryl methyl sites for hydroxylation is 1. The van der Waals surface area contributed by atoms with Crippen LogP contribution in [0.3, 0.4) is 0 Å². The van der Waals surface area contributed by atoms with Gasteiger partial charge in [-0.05, 0) is 90.8 Å². The molecule has 2 heterocycles. The highest BCUT2D eigenvalue weighted by molar-refractivity contribution is 5.99. The first-order valence-corrected chi connectivity index (χ1v) is 24.3. The van der Waals surface area contributed by atoms with Crippen molar-refractivity contribution < 1.29 is 53.4 Å². The average Bonchev–Trinajstić information content (AvgIpc) is 4.02. The molecule has 1 fully saturated rings. The number of nitrogens with two attached hydrogens (primary N) is 7. The zero-order valence-electron chi connectivity index (χ0n) is 41.7. The van der Waals surface area contributed by atoms with E-state index >= 15 is 0 Å². The minimum absolute atomic E-state index is 0.0429. The Bertz CT molecular complexity index is 2070. The van der Waals surface area contributed by atoms with Gasteiger partial charge in [0.15, 0.2) is 5.96 Å². The lowest BCUT2D eigenvalue weighted by atomic mass is 10.0. The first-order chi connectivity index (χ1) is 34.7. The second-order valence-electron chi connectivity index (χ2n) is 17.5. The van der Waals surface area contributed by atoms with Gasteiger partial charge in [0.1, 0.15) is 41.9 Å². The molecule has 29 heteroatoms. The molecule has 0 saturated carbocycles. The third-order valence-electron chi connectivity index (χ3n) is 11.7. The van der Waals surface area contributed by atoms with Crippen molar-refractivity contribution in [2.24, 2.45) is 52.2 Å². The van der Waals surface area contributed by atoms with Gasteiger partial charge < -0.3 is 97.0 Å². The first-order valence-electron chi connectivity index (χ1n) is 24.3. The number of aliphatic imine (C=N–C) groups is 1. The predicted molar refractivity (Wildman–Crippen MR) is 266 cm³/mol. The quantitative estimate of drug-likeness (QED) is 0.0132. The zero-order valence-corrected chi connectivity index (χ0v) is 41.7. The van der Waals surface area contributed by atoms with Crippen LogP contribution >= 0.6 is 0 Å². The molecule has 1 aromatic rings. The number of imidazole rings is 1. The summed E-state index contributed by atoms with van der Waals surface area (Å²) in [7, 11) is 1.67. The molecular weight excluding hydrogens is 957 g/mol. The number of unbranched alkanes of at least 4 members (excludes halogenated alkanes) is 2. The number of aliphatic hydroxyl groups is 1. The van der Waals surface area contributed by atoms with E-state index in [-0.39, 0.29) is 77.1 Å². The van der Waals surface area contributed by atoms with Crippen LogP contribution in [0.5, 0.6) is 0 Å². The molecule has 1 aromatic heterocycles. The molecule has 8 atom stereocenters. The van der Waals surface area contributed by atoms with Crippen LogP contribution in [-0.2, 0) is 56.6 Å². The third kappa shape index (κ3) is 21.8. The summed E-state index contributed by atoms with van der Waals surface area (Å²) in [6.07, 6.45) is 5.81. The van der Waals surface area contributed by atoms with Crippen molar-refractivity contribution in [2.75, 3.05) is 45.8 Å². The van der Waals surface area contributed by atoms with Gasteiger partial charge >= 0.3 is 5.97 Å². The Hall–Kier alpha value is -6.79. The monoisotopic (exact) mass is 1030 g/mol. The highest BCUT2D eigenvalue weighted by Gasteiger charge is 2.40. The van der Waals surface area contributed by atoms with Crippen LogP contribution in [0.15, 0.2) is 29.3 Å². The highest BCUT2D eigenvalue weighted by atomic mass is 16.4. The Kier molecular flexibility index (Phi) is 28.2. The smallest absolute Gasteiger partial charge is 0.352 e. The Morgan fingerprint density at radius 1 is 0.808 bits per heavy atom. The van der Waals surface area contributed by atoms with Crippen LogP contribution < -0.4 is 77.4 Å². The Labute approximate surface area is 423 Å². The standard InChI is InChI=1S/C44H78N18O11/c1-25(55-41(70)35(33(63)21-48)60-37(66)27(49)10-3-5-15-45)36(65)54-23-34(64)56-29(12-7-17-47)42(71)62-19-9-14-32(62)40(69)59-31(20-26-22-52-24-61(26)2)39(68)57-28(11-4-6-16-46)38(67)58-30(43(72)73)13-8-18-53-44(50)51/h13,22,24-25,27-29,31-33,35,63H,3-12,14-21,23,45-49H2,1-2H3,(H,54,65)(H,55,70)(H,56,64)(H,57,68)(H,58,67)(H,59,69)(H,60,66)(H,72,73)(H4,50,51,53)/b30-13-/t25-,27-,28-,29+,31-,32-,33-,35-/m0/s1. The largest absolute Gasteiger partial charge is 0.477 e. The van der Waals surface area contributed by atoms with Crippen molar-refractivity contribution >= 4 is 59.2 Å². The van der Waals surface area contributed by atoms with Crippen LogP contribution in [0.4, 0.5) is 0 Å². The number of rotatable bonds is 34. The van der Waals surface area contributed by atoms with Gasteiger partial charge in [0.2, 0.25) is 47.3 Å². The fraction of sp³-hybridized carbons (Fsp3) is 0.659. The van der Waals surface area contributed by atoms with E-state index in [1.165, 1.54) is 30.4 Å². The van der Waals surface area contributed by atoms with E-state index < -0.39 is 120 Å². The van der Waals surface area contributed by atoms with Crippen molar-refractivity contribution in [3.8, 4) is 0 Å². The molecule has 0 bridgehead atoms. The molecule has 1 aliphatic heterocycles. The Balaban J connectivity index is 2.23. The molecule has 1 saturated heterocycles. The van der Waals surface area contributed by atoms with Crippen molar-refractivity contribution in [3.63, 3.8) is 0 Å². The Morgan fingerprint density at radius 3 is 2.07 bits per heavy atom. The van der Waals surface area contributed by atoms with E-state index in [4.69, 9.17) is 40.1 Å². The first kappa shape index (κ1) is 62.3. The minimum Gasteiger partial charge on any atom is -0.477 e. The van der Waals surface area contributed by atoms with Crippen LogP contribution in [0.2, 0.25) is 0 Å². The highest BCUT2D eigenvalue weighted by Crippen LogP contribution is 2.20. The van der Waals surface area contributed by atoms with Gasteiger partial charge in [0.25, 0.3) is 0 Å². The van der Waals surface area contributed by atoms with Crippen LogP contribution in [0, 0.1) is 0 Å². The molecule has 73 heavy (non-hydrogen) atoms. The maximum absolute atomic E-state index is 14.2. The molecular formula is C44H78N18O11. The van der Waals surface area contributed by atoms with Crippen LogP contribution in [0.1, 0.15) is 83.2 Å². The van der Waals surface area contributed by atoms with Gasteiger partial charge in [0, 0.05) is 45.0 Å². The van der Waals surface area contributed by atoms with E-state index in [0.717, 1.165) is 0 Å². The normalized spacial score (nSPS) is 16.3. The summed E-state index contributed by atoms with van der Waals surface area (Å²) in [5.74, 6) is -7.97. The maximum atomic E-state index is 14.2. The lowest BCUT2D eigenvalue weighted by Gasteiger charge is -2.30. The summed E-state index contributed by atoms with van der Waals surface area (Å²) < 4.78 is 1.62. The van der Waals surface area contributed by atoms with E-state index in [9.17, 15) is 53.4 Å². The molecule has 2 rings (SSSR count). The zero-order chi connectivity index (χ0) is 54.6. The summed E-state index contributed by atoms with van der Waals surface area (Å²) in [6.45, 7) is 1.19. The lowest BCUT2D eigenvalue weighted by Crippen LogP contribution is -2.60. The summed E-state index contributed by atoms with van der Waals surface area (Å²) in [5.41, 5.74) is 39.1. The molecule has 8 amide bonds. The number of likely N-dealkylation sites (tertiary alicyclic amines) is 1. The number of nitrogens with zero attached hydrogens (tertiary/aromatic N) is 4. The molecule has 29 nitrogen and oxygen atoms in total. The Morgan fingerprint density at radius 2 is 1.47 bits per heavy atom. The molecule has 410 valence electrons. The number of carbonyl (C=O) groups is 9. The number of aliphatic hydroxyl groups excluding tert-OH is 1. The van der Waals surface area contributed by atoms with Crippen molar-refractivity contribution in [1.82, 2.24) is 51.7 Å². The van der Waals surface area contributed by atoms with Crippen molar-refractivity contribution in [2.45, 2.75) is 132 Å². The van der Waals surface area contributed by atoms with E-state index in [1.807, 2.05) is 0 Å². The molecule has 1 aliphatic rings. The van der Waals surface area contributed by atoms with Crippen molar-refractivity contribution in [1.29, 1.82) is 0 Å². The number of nitrogens with one attached hydrogen (secondary N) is 7. The summed E-state index contributed by atoms with van der Waals surface area (Å²) >= 11 is 0. The molecule has 0 radical (unpaired) electrons. The number of amides is 8. The summed E-state index contributed by atoms with van der Waals surface area (Å²) in [6, 6.07) is -8.79. The van der Waals surface area contributed by atoms with Gasteiger partial charge in [-0.1, -0.05) is 12.5 Å². The number of carbonyl (C=O) groups excluding carboxylic acids is 8. The number of guanidine groups is 1. The number of carboxylic acids is 1. The fourth-order valence-corrected chi connectivity index (χ4v) is 7.51. The predicted octanol–water partition coefficient (Wildman–Crippen LogP) is -7.09. The van der Waals surface area contributed by atoms with E-state index in [2.05, 4.69) is 47.2 Å².